The van der Waals surface area contributed by atoms with Gasteiger partial charge in [0.25, 0.3) is 5.91 Å². The van der Waals surface area contributed by atoms with Gasteiger partial charge >= 0.3 is 0 Å². The number of carbonyl (C=O) groups is 1. The molecule has 2 aromatic carbocycles. The van der Waals surface area contributed by atoms with Crippen molar-refractivity contribution in [2.24, 2.45) is 5.92 Å². The van der Waals surface area contributed by atoms with Gasteiger partial charge in [-0.3, -0.25) is 4.79 Å². The number of piperidine rings is 1. The summed E-state index contributed by atoms with van der Waals surface area (Å²) < 4.78 is 23.6. The van der Waals surface area contributed by atoms with E-state index in [-0.39, 0.29) is 10.8 Å². The quantitative estimate of drug-likeness (QED) is 0.827. The third kappa shape index (κ3) is 4.33. The molecule has 0 unspecified atom stereocenters. The van der Waals surface area contributed by atoms with Crippen molar-refractivity contribution >= 4 is 15.7 Å². The van der Waals surface area contributed by atoms with Crippen molar-refractivity contribution in [2.75, 3.05) is 19.3 Å². The fourth-order valence-corrected chi connectivity index (χ4v) is 4.17. The predicted molar refractivity (Wildman–Crippen MR) is 103 cm³/mol. The number of likely N-dealkylation sites (tertiary alicyclic amines) is 1. The monoisotopic (exact) mass is 371 g/mol. The number of nitrogens with zero attached hydrogens (tertiary/aromatic N) is 1. The van der Waals surface area contributed by atoms with E-state index in [1.165, 1.54) is 17.9 Å². The number of hydrogen-bond donors (Lipinski definition) is 0. The van der Waals surface area contributed by atoms with Gasteiger partial charge in [0.05, 0.1) is 4.90 Å². The second-order valence-corrected chi connectivity index (χ2v) is 9.19. The van der Waals surface area contributed by atoms with Gasteiger partial charge in [-0.1, -0.05) is 36.4 Å². The summed E-state index contributed by atoms with van der Waals surface area (Å²) in [6, 6.07) is 15.2. The molecule has 1 saturated heterocycles. The minimum atomic E-state index is -3.32. The second-order valence-electron chi connectivity index (χ2n) is 7.17. The molecule has 2 aromatic rings. The van der Waals surface area contributed by atoms with Crippen LogP contribution in [0.5, 0.6) is 0 Å². The minimum absolute atomic E-state index is 0.0637. The lowest BCUT2D eigenvalue weighted by Gasteiger charge is -2.32. The molecule has 3 rings (SSSR count). The molecule has 1 amide bonds. The van der Waals surface area contributed by atoms with Crippen LogP contribution in [0.3, 0.4) is 0 Å². The van der Waals surface area contributed by atoms with Crippen LogP contribution in [0.15, 0.2) is 53.4 Å². The molecule has 5 heteroatoms. The number of sulfone groups is 1. The van der Waals surface area contributed by atoms with Gasteiger partial charge < -0.3 is 4.90 Å². The fraction of sp³-hybridized carbons (Fsp3) is 0.381. The summed E-state index contributed by atoms with van der Waals surface area (Å²) in [6.45, 7) is 3.29. The summed E-state index contributed by atoms with van der Waals surface area (Å²) in [7, 11) is -3.32. The van der Waals surface area contributed by atoms with Gasteiger partial charge in [0, 0.05) is 24.9 Å². The Bertz CT molecular complexity index is 883. The Balaban J connectivity index is 1.67. The number of amides is 1. The topological polar surface area (TPSA) is 54.5 Å². The lowest BCUT2D eigenvalue weighted by molar-refractivity contribution is 0.0689. The van der Waals surface area contributed by atoms with Crippen LogP contribution in [0.1, 0.15) is 34.3 Å². The summed E-state index contributed by atoms with van der Waals surface area (Å²) in [4.78, 5) is 15.0. The number of benzene rings is 2. The number of hydrogen-bond acceptors (Lipinski definition) is 3. The fourth-order valence-electron chi connectivity index (χ4n) is 3.52. The minimum Gasteiger partial charge on any atom is -0.339 e. The van der Waals surface area contributed by atoms with Crippen LogP contribution in [0, 0.1) is 12.8 Å². The van der Waals surface area contributed by atoms with E-state index in [0.717, 1.165) is 37.9 Å². The Labute approximate surface area is 155 Å². The molecule has 1 aliphatic heterocycles. The van der Waals surface area contributed by atoms with E-state index in [9.17, 15) is 13.2 Å². The first-order valence-electron chi connectivity index (χ1n) is 8.98. The zero-order chi connectivity index (χ0) is 18.7. The third-order valence-electron chi connectivity index (χ3n) is 5.14. The molecule has 1 aliphatic rings. The SMILES string of the molecule is Cc1ccc(S(C)(=O)=O)cc1C(=O)N1CCC(Cc2ccccc2)CC1. The first-order valence-corrected chi connectivity index (χ1v) is 10.9. The zero-order valence-electron chi connectivity index (χ0n) is 15.3. The van der Waals surface area contributed by atoms with Crippen LogP contribution < -0.4 is 0 Å². The molecule has 0 aromatic heterocycles. The highest BCUT2D eigenvalue weighted by atomic mass is 32.2. The lowest BCUT2D eigenvalue weighted by Crippen LogP contribution is -2.39. The van der Waals surface area contributed by atoms with E-state index in [2.05, 4.69) is 24.3 Å². The highest BCUT2D eigenvalue weighted by molar-refractivity contribution is 7.90. The van der Waals surface area contributed by atoms with Crippen molar-refractivity contribution in [3.05, 3.63) is 65.2 Å². The summed E-state index contributed by atoms with van der Waals surface area (Å²) in [5, 5.41) is 0. The summed E-state index contributed by atoms with van der Waals surface area (Å²) in [5.41, 5.74) is 2.65. The molecule has 0 saturated carbocycles. The van der Waals surface area contributed by atoms with Gasteiger partial charge in [0.15, 0.2) is 9.84 Å². The number of aryl methyl sites for hydroxylation is 1. The predicted octanol–water partition coefficient (Wildman–Crippen LogP) is 3.49. The van der Waals surface area contributed by atoms with Crippen molar-refractivity contribution in [1.82, 2.24) is 4.90 Å². The van der Waals surface area contributed by atoms with E-state index in [0.29, 0.717) is 11.5 Å². The molecule has 0 N–H and O–H groups in total. The number of rotatable bonds is 4. The van der Waals surface area contributed by atoms with Crippen LogP contribution in [0.2, 0.25) is 0 Å². The molecular formula is C21H25NO3S. The Morgan fingerprint density at radius 1 is 1.08 bits per heavy atom. The maximum absolute atomic E-state index is 12.9. The van der Waals surface area contributed by atoms with E-state index >= 15 is 0 Å². The first-order chi connectivity index (χ1) is 12.3. The summed E-state index contributed by atoms with van der Waals surface area (Å²) in [6.07, 6.45) is 4.17. The molecular weight excluding hydrogens is 346 g/mol. The molecule has 0 spiro atoms. The highest BCUT2D eigenvalue weighted by Crippen LogP contribution is 2.24. The Morgan fingerprint density at radius 3 is 2.35 bits per heavy atom. The van der Waals surface area contributed by atoms with Gasteiger partial charge in [-0.15, -0.1) is 0 Å². The normalized spacial score (nSPS) is 15.8. The number of carbonyl (C=O) groups excluding carboxylic acids is 1. The van der Waals surface area contributed by atoms with Crippen molar-refractivity contribution in [2.45, 2.75) is 31.1 Å². The Kier molecular flexibility index (Phi) is 5.47. The van der Waals surface area contributed by atoms with Crippen LogP contribution in [0.25, 0.3) is 0 Å². The standard InChI is InChI=1S/C21H25NO3S/c1-16-8-9-19(26(2,24)25)15-20(16)21(23)22-12-10-18(11-13-22)14-17-6-4-3-5-7-17/h3-9,15,18H,10-14H2,1-2H3. The molecule has 138 valence electrons. The van der Waals surface area contributed by atoms with Crippen LogP contribution in [-0.4, -0.2) is 38.6 Å². The zero-order valence-corrected chi connectivity index (χ0v) is 16.1. The van der Waals surface area contributed by atoms with Gasteiger partial charge in [-0.2, -0.15) is 0 Å². The highest BCUT2D eigenvalue weighted by Gasteiger charge is 2.25. The van der Waals surface area contributed by atoms with Crippen LogP contribution in [-0.2, 0) is 16.3 Å². The van der Waals surface area contributed by atoms with E-state index < -0.39 is 9.84 Å². The van der Waals surface area contributed by atoms with Crippen LogP contribution in [0.4, 0.5) is 0 Å². The smallest absolute Gasteiger partial charge is 0.254 e. The maximum Gasteiger partial charge on any atom is 0.254 e. The van der Waals surface area contributed by atoms with Crippen molar-refractivity contribution in [3.63, 3.8) is 0 Å². The Hall–Kier alpha value is -2.14. The van der Waals surface area contributed by atoms with Crippen LogP contribution >= 0.6 is 0 Å². The molecule has 0 bridgehead atoms. The average Bonchev–Trinajstić information content (AvgIpc) is 2.62. The van der Waals surface area contributed by atoms with Gasteiger partial charge in [-0.05, 0) is 55.4 Å². The summed E-state index contributed by atoms with van der Waals surface area (Å²) >= 11 is 0. The Morgan fingerprint density at radius 2 is 1.73 bits per heavy atom. The van der Waals surface area contributed by atoms with Crippen molar-refractivity contribution in [1.29, 1.82) is 0 Å². The van der Waals surface area contributed by atoms with Gasteiger partial charge in [-0.25, -0.2) is 8.42 Å². The van der Waals surface area contributed by atoms with E-state index in [1.54, 1.807) is 12.1 Å². The molecule has 4 nitrogen and oxygen atoms in total. The lowest BCUT2D eigenvalue weighted by atomic mass is 9.90. The first kappa shape index (κ1) is 18.6. The van der Waals surface area contributed by atoms with Gasteiger partial charge in [0.1, 0.15) is 0 Å². The third-order valence-corrected chi connectivity index (χ3v) is 6.25. The molecule has 0 atom stereocenters. The summed E-state index contributed by atoms with van der Waals surface area (Å²) in [5.74, 6) is 0.524. The van der Waals surface area contributed by atoms with Crippen molar-refractivity contribution in [3.8, 4) is 0 Å². The van der Waals surface area contributed by atoms with Crippen molar-refractivity contribution < 1.29 is 13.2 Å². The molecule has 0 aliphatic carbocycles. The average molecular weight is 372 g/mol. The maximum atomic E-state index is 12.9. The van der Waals surface area contributed by atoms with E-state index in [4.69, 9.17) is 0 Å². The molecule has 1 fully saturated rings. The molecule has 1 heterocycles. The second kappa shape index (κ2) is 7.62. The van der Waals surface area contributed by atoms with Gasteiger partial charge in [0.2, 0.25) is 0 Å². The molecule has 26 heavy (non-hydrogen) atoms. The largest absolute Gasteiger partial charge is 0.339 e. The molecule has 0 radical (unpaired) electrons. The van der Waals surface area contributed by atoms with E-state index in [1.807, 2.05) is 17.9 Å².